The van der Waals surface area contributed by atoms with E-state index in [4.69, 9.17) is 9.84 Å². The first-order valence-electron chi connectivity index (χ1n) is 11.8. The van der Waals surface area contributed by atoms with Gasteiger partial charge in [0.15, 0.2) is 0 Å². The van der Waals surface area contributed by atoms with E-state index in [0.29, 0.717) is 29.3 Å². The Labute approximate surface area is 206 Å². The van der Waals surface area contributed by atoms with Gasteiger partial charge in [0.2, 0.25) is 12.3 Å². The minimum atomic E-state index is -0.288. The number of methoxy groups -OCH3 is 1. The minimum absolute atomic E-state index is 0.0952. The standard InChI is InChI=1S/C26H35N5O4/c1-17-12-21(30(5)19(3)33)9-10-24(17)31-15-20-13-22(25(35-6)14-23(20)28-31)26(34)27-18(2)8-7-11-29(4)16-32/h7-8,11,13-17,21,24H,9-10,12H2,1-6H3,(H,27,34)/b11-7-,18-8+. The zero-order chi connectivity index (χ0) is 25.7. The van der Waals surface area contributed by atoms with Crippen LogP contribution in [0.4, 0.5) is 0 Å². The van der Waals surface area contributed by atoms with Crippen molar-refractivity contribution in [1.29, 1.82) is 0 Å². The van der Waals surface area contributed by atoms with Crippen LogP contribution in [0.2, 0.25) is 0 Å². The van der Waals surface area contributed by atoms with Crippen LogP contribution in [0.25, 0.3) is 10.9 Å². The fourth-order valence-corrected chi connectivity index (χ4v) is 4.59. The predicted octanol–water partition coefficient (Wildman–Crippen LogP) is 3.49. The molecule has 188 valence electrons. The van der Waals surface area contributed by atoms with Crippen molar-refractivity contribution >= 4 is 29.1 Å². The van der Waals surface area contributed by atoms with Crippen molar-refractivity contribution in [2.45, 2.75) is 52.1 Å². The highest BCUT2D eigenvalue weighted by atomic mass is 16.5. The van der Waals surface area contributed by atoms with Crippen molar-refractivity contribution in [2.75, 3.05) is 21.2 Å². The molecule has 3 unspecified atom stereocenters. The van der Waals surface area contributed by atoms with E-state index in [-0.39, 0.29) is 23.9 Å². The highest BCUT2D eigenvalue weighted by Gasteiger charge is 2.32. The van der Waals surface area contributed by atoms with Gasteiger partial charge in [0.1, 0.15) is 5.75 Å². The Morgan fingerprint density at radius 2 is 1.97 bits per heavy atom. The number of nitrogens with zero attached hydrogens (tertiary/aromatic N) is 4. The summed E-state index contributed by atoms with van der Waals surface area (Å²) in [5, 5.41) is 8.51. The van der Waals surface area contributed by atoms with Crippen molar-refractivity contribution in [2.24, 2.45) is 5.92 Å². The van der Waals surface area contributed by atoms with Crippen LogP contribution in [0.15, 0.2) is 42.4 Å². The second kappa shape index (κ2) is 11.2. The first kappa shape index (κ1) is 26.0. The lowest BCUT2D eigenvalue weighted by atomic mass is 9.82. The molecule has 0 spiro atoms. The summed E-state index contributed by atoms with van der Waals surface area (Å²) in [6.45, 7) is 5.58. The van der Waals surface area contributed by atoms with E-state index < -0.39 is 0 Å². The van der Waals surface area contributed by atoms with Gasteiger partial charge in [0.05, 0.1) is 24.2 Å². The fourth-order valence-electron chi connectivity index (χ4n) is 4.59. The molecule has 1 heterocycles. The molecule has 1 fully saturated rings. The van der Waals surface area contributed by atoms with Crippen LogP contribution < -0.4 is 10.1 Å². The topological polar surface area (TPSA) is 96.8 Å². The lowest BCUT2D eigenvalue weighted by Crippen LogP contribution is -2.41. The molecule has 3 amide bonds. The molecule has 1 aliphatic rings. The number of benzene rings is 1. The van der Waals surface area contributed by atoms with Crippen LogP contribution in [-0.4, -0.2) is 65.1 Å². The number of amides is 3. The monoisotopic (exact) mass is 481 g/mol. The van der Waals surface area contributed by atoms with Crippen LogP contribution >= 0.6 is 0 Å². The Morgan fingerprint density at radius 1 is 1.23 bits per heavy atom. The molecule has 1 aromatic carbocycles. The second-order valence-corrected chi connectivity index (χ2v) is 9.28. The smallest absolute Gasteiger partial charge is 0.259 e. The van der Waals surface area contributed by atoms with E-state index in [0.717, 1.165) is 30.2 Å². The van der Waals surface area contributed by atoms with E-state index in [2.05, 4.69) is 12.2 Å². The number of allylic oxidation sites excluding steroid dienone is 3. The van der Waals surface area contributed by atoms with E-state index in [1.54, 1.807) is 51.4 Å². The van der Waals surface area contributed by atoms with Crippen molar-refractivity contribution in [1.82, 2.24) is 24.9 Å². The first-order valence-corrected chi connectivity index (χ1v) is 11.8. The molecule has 2 aromatic rings. The van der Waals surface area contributed by atoms with E-state index >= 15 is 0 Å². The van der Waals surface area contributed by atoms with Crippen molar-refractivity contribution in [3.8, 4) is 5.75 Å². The number of hydrogen-bond donors (Lipinski definition) is 1. The zero-order valence-electron chi connectivity index (χ0n) is 21.3. The molecule has 1 aromatic heterocycles. The molecule has 0 bridgehead atoms. The Morgan fingerprint density at radius 3 is 2.60 bits per heavy atom. The van der Waals surface area contributed by atoms with Gasteiger partial charge in [-0.2, -0.15) is 5.10 Å². The molecule has 3 atom stereocenters. The lowest BCUT2D eigenvalue weighted by molar-refractivity contribution is -0.130. The Hall–Kier alpha value is -3.62. The molecule has 0 saturated heterocycles. The SMILES string of the molecule is COc1cc2nn(C3CCC(N(C)C(C)=O)CC3C)cc2cc1C(=O)N/C(C)=C/C=C\N(C)C=O. The minimum Gasteiger partial charge on any atom is -0.496 e. The molecule has 9 heteroatoms. The molecule has 0 radical (unpaired) electrons. The van der Waals surface area contributed by atoms with E-state index in [1.807, 2.05) is 22.8 Å². The maximum absolute atomic E-state index is 13.0. The summed E-state index contributed by atoms with van der Waals surface area (Å²) < 4.78 is 7.50. The number of hydrogen-bond acceptors (Lipinski definition) is 5. The highest BCUT2D eigenvalue weighted by molar-refractivity contribution is 6.01. The molecule has 0 aliphatic heterocycles. The van der Waals surface area contributed by atoms with Gasteiger partial charge in [-0.25, -0.2) is 0 Å². The molecule has 1 N–H and O–H groups in total. The summed E-state index contributed by atoms with van der Waals surface area (Å²) in [5.74, 6) is 0.610. The third-order valence-corrected chi connectivity index (χ3v) is 6.71. The molecular formula is C26H35N5O4. The molecule has 1 saturated carbocycles. The number of ether oxygens (including phenoxy) is 1. The fraction of sp³-hybridized carbons (Fsp3) is 0.462. The Bertz CT molecular complexity index is 1150. The summed E-state index contributed by atoms with van der Waals surface area (Å²) in [5.41, 5.74) is 1.81. The van der Waals surface area contributed by atoms with Gasteiger partial charge in [-0.15, -0.1) is 0 Å². The van der Waals surface area contributed by atoms with Gasteiger partial charge in [-0.1, -0.05) is 6.92 Å². The lowest BCUT2D eigenvalue weighted by Gasteiger charge is -2.38. The van der Waals surface area contributed by atoms with E-state index in [9.17, 15) is 14.4 Å². The average molecular weight is 482 g/mol. The van der Waals surface area contributed by atoms with Gasteiger partial charge in [0.25, 0.3) is 5.91 Å². The average Bonchev–Trinajstić information content (AvgIpc) is 3.24. The third-order valence-electron chi connectivity index (χ3n) is 6.71. The van der Waals surface area contributed by atoms with Crippen LogP contribution in [-0.2, 0) is 9.59 Å². The molecule has 35 heavy (non-hydrogen) atoms. The number of nitrogens with one attached hydrogen (secondary N) is 1. The van der Waals surface area contributed by atoms with Gasteiger partial charge < -0.3 is 19.9 Å². The quantitative estimate of drug-likeness (QED) is 0.460. The predicted molar refractivity (Wildman–Crippen MR) is 135 cm³/mol. The van der Waals surface area contributed by atoms with Crippen LogP contribution in [0.5, 0.6) is 5.75 Å². The van der Waals surface area contributed by atoms with Gasteiger partial charge in [0, 0.05) is 56.6 Å². The highest BCUT2D eigenvalue weighted by Crippen LogP contribution is 2.36. The van der Waals surface area contributed by atoms with Crippen molar-refractivity contribution in [3.63, 3.8) is 0 Å². The first-order chi connectivity index (χ1) is 16.6. The number of carbonyl (C=O) groups excluding carboxylic acids is 3. The number of carbonyl (C=O) groups is 3. The van der Waals surface area contributed by atoms with Crippen molar-refractivity contribution in [3.05, 3.63) is 47.9 Å². The third kappa shape index (κ3) is 6.09. The number of aromatic nitrogens is 2. The maximum atomic E-state index is 13.0. The Balaban J connectivity index is 1.80. The molecule has 3 rings (SSSR count). The van der Waals surface area contributed by atoms with Gasteiger partial charge in [-0.3, -0.25) is 19.1 Å². The number of fused-ring (bicyclic) bond motifs is 1. The van der Waals surface area contributed by atoms with Crippen LogP contribution in [0.3, 0.4) is 0 Å². The van der Waals surface area contributed by atoms with Gasteiger partial charge >= 0.3 is 0 Å². The van der Waals surface area contributed by atoms with Gasteiger partial charge in [-0.05, 0) is 50.3 Å². The summed E-state index contributed by atoms with van der Waals surface area (Å²) >= 11 is 0. The number of rotatable bonds is 8. The van der Waals surface area contributed by atoms with Crippen molar-refractivity contribution < 1.29 is 19.1 Å². The molecular weight excluding hydrogens is 446 g/mol. The largest absolute Gasteiger partial charge is 0.496 e. The van der Waals surface area contributed by atoms with E-state index in [1.165, 1.54) is 12.0 Å². The zero-order valence-corrected chi connectivity index (χ0v) is 21.3. The summed E-state index contributed by atoms with van der Waals surface area (Å²) in [6, 6.07) is 4.07. The molecule has 1 aliphatic carbocycles. The summed E-state index contributed by atoms with van der Waals surface area (Å²) in [6.07, 6.45) is 10.4. The summed E-state index contributed by atoms with van der Waals surface area (Å²) in [7, 11) is 5.03. The second-order valence-electron chi connectivity index (χ2n) is 9.28. The molecule has 9 nitrogen and oxygen atoms in total. The van der Waals surface area contributed by atoms with Crippen LogP contribution in [0, 0.1) is 5.92 Å². The Kier molecular flexibility index (Phi) is 8.32. The maximum Gasteiger partial charge on any atom is 0.259 e. The summed E-state index contributed by atoms with van der Waals surface area (Å²) in [4.78, 5) is 38.6. The normalized spacial score (nSPS) is 20.6. The van der Waals surface area contributed by atoms with Crippen LogP contribution in [0.1, 0.15) is 56.4 Å².